The van der Waals surface area contributed by atoms with Gasteiger partial charge in [-0.3, -0.25) is 4.79 Å². The molecule has 1 spiro atoms. The van der Waals surface area contributed by atoms with Crippen LogP contribution in [0.25, 0.3) is 0 Å². The first kappa shape index (κ1) is 20.4. The minimum Gasteiger partial charge on any atom is -0.497 e. The maximum Gasteiger partial charge on any atom is 0.155 e. The molecular formula is C28H32O4. The van der Waals surface area contributed by atoms with Gasteiger partial charge >= 0.3 is 0 Å². The summed E-state index contributed by atoms with van der Waals surface area (Å²) < 4.78 is 12.5. The number of hydrogen-bond donors (Lipinski definition) is 1. The summed E-state index contributed by atoms with van der Waals surface area (Å²) in [4.78, 5) is 12.4. The Balaban J connectivity index is 1.56. The van der Waals surface area contributed by atoms with Gasteiger partial charge in [0.1, 0.15) is 22.7 Å². The molecule has 0 bridgehead atoms. The second-order valence-electron chi connectivity index (χ2n) is 10.9. The van der Waals surface area contributed by atoms with Gasteiger partial charge < -0.3 is 14.6 Å². The second-order valence-corrected chi connectivity index (χ2v) is 10.9. The molecule has 5 aliphatic rings. The summed E-state index contributed by atoms with van der Waals surface area (Å²) in [6, 6.07) is 6.21. The molecule has 1 heterocycles. The number of ether oxygens (including phenoxy) is 2. The van der Waals surface area contributed by atoms with Crippen LogP contribution >= 0.6 is 0 Å². The highest BCUT2D eigenvalue weighted by Crippen LogP contribution is 2.71. The Labute approximate surface area is 190 Å². The van der Waals surface area contributed by atoms with Gasteiger partial charge in [0.2, 0.25) is 0 Å². The number of hydrogen-bond acceptors (Lipinski definition) is 4. The zero-order chi connectivity index (χ0) is 22.3. The quantitative estimate of drug-likeness (QED) is 0.648. The lowest BCUT2D eigenvalue weighted by molar-refractivity contribution is -0.146. The lowest BCUT2D eigenvalue weighted by Gasteiger charge is -2.63. The Morgan fingerprint density at radius 1 is 1.22 bits per heavy atom. The van der Waals surface area contributed by atoms with Crippen molar-refractivity contribution in [1.82, 2.24) is 0 Å². The molecule has 0 saturated heterocycles. The number of carbonyl (C=O) groups excluding carboxylic acids is 1. The maximum atomic E-state index is 12.4. The molecule has 0 amide bonds. The molecule has 3 saturated carbocycles. The van der Waals surface area contributed by atoms with Crippen LogP contribution in [0.2, 0.25) is 0 Å². The molecule has 1 N–H and O–H groups in total. The summed E-state index contributed by atoms with van der Waals surface area (Å²) in [5.41, 5.74) is 0.832. The molecule has 1 aliphatic heterocycles. The van der Waals surface area contributed by atoms with Crippen LogP contribution in [0, 0.1) is 35.0 Å². The summed E-state index contributed by atoms with van der Waals surface area (Å²) >= 11 is 0. The molecule has 4 heteroatoms. The highest BCUT2D eigenvalue weighted by molar-refractivity contribution is 5.92. The number of methoxy groups -OCH3 is 1. The summed E-state index contributed by atoms with van der Waals surface area (Å²) in [5, 5.41) is 11.7. The number of aliphatic hydroxyl groups is 1. The van der Waals surface area contributed by atoms with Crippen molar-refractivity contribution in [1.29, 1.82) is 0 Å². The smallest absolute Gasteiger partial charge is 0.155 e. The van der Waals surface area contributed by atoms with Crippen LogP contribution in [0.5, 0.6) is 11.5 Å². The van der Waals surface area contributed by atoms with Crippen molar-refractivity contribution in [3.63, 3.8) is 0 Å². The third-order valence-electron chi connectivity index (χ3n) is 9.79. The number of benzene rings is 1. The zero-order valence-electron chi connectivity index (χ0n) is 19.2. The average molecular weight is 433 g/mol. The van der Waals surface area contributed by atoms with Crippen LogP contribution in [0.1, 0.15) is 70.3 Å². The first-order valence-corrected chi connectivity index (χ1v) is 12.1. The van der Waals surface area contributed by atoms with E-state index in [0.29, 0.717) is 24.2 Å². The van der Waals surface area contributed by atoms with Crippen molar-refractivity contribution >= 4 is 5.78 Å². The van der Waals surface area contributed by atoms with Gasteiger partial charge in [0.25, 0.3) is 0 Å². The van der Waals surface area contributed by atoms with Gasteiger partial charge in [-0.1, -0.05) is 18.9 Å². The molecular weight excluding hydrogens is 400 g/mol. The molecule has 4 nitrogen and oxygen atoms in total. The summed E-state index contributed by atoms with van der Waals surface area (Å²) in [5.74, 6) is 9.67. The standard InChI is InChI=1S/C28H32O4/c1-4-11-27(30)12-10-23-21-7-5-17-14-18(29)9-13-28(17)25(21)22(16-26(23,27)2)20-8-6-19(31-3)15-24(20)32-28/h6,8,14-15,21-23,25,30H,5,7,9-10,12-13,16H2,1-3H3/t21-,22+,23-,25+,26-,27-,28+/m0/s1. The van der Waals surface area contributed by atoms with E-state index in [9.17, 15) is 9.90 Å². The van der Waals surface area contributed by atoms with Gasteiger partial charge in [-0.2, -0.15) is 0 Å². The molecule has 6 rings (SSSR count). The second kappa shape index (κ2) is 6.64. The van der Waals surface area contributed by atoms with Gasteiger partial charge in [-0.05, 0) is 86.5 Å². The lowest BCUT2D eigenvalue weighted by Crippen LogP contribution is -2.63. The molecule has 0 aromatic heterocycles. The summed E-state index contributed by atoms with van der Waals surface area (Å²) in [6.45, 7) is 4.12. The normalized spacial score (nSPS) is 43.4. The van der Waals surface area contributed by atoms with Crippen LogP contribution in [-0.2, 0) is 4.79 Å². The molecule has 0 radical (unpaired) electrons. The minimum atomic E-state index is -0.936. The first-order valence-electron chi connectivity index (χ1n) is 12.1. The third kappa shape index (κ3) is 2.41. The lowest BCUT2D eigenvalue weighted by atomic mass is 9.44. The van der Waals surface area contributed by atoms with Crippen molar-refractivity contribution in [2.24, 2.45) is 23.2 Å². The fourth-order valence-corrected chi connectivity index (χ4v) is 8.44. The Morgan fingerprint density at radius 2 is 2.06 bits per heavy atom. The first-order chi connectivity index (χ1) is 15.3. The van der Waals surface area contributed by atoms with E-state index in [0.717, 1.165) is 50.0 Å². The minimum absolute atomic E-state index is 0.231. The van der Waals surface area contributed by atoms with Crippen molar-refractivity contribution in [2.45, 2.75) is 75.9 Å². The van der Waals surface area contributed by atoms with Gasteiger partial charge in [0.05, 0.1) is 7.11 Å². The van der Waals surface area contributed by atoms with Crippen LogP contribution in [0.15, 0.2) is 29.8 Å². The molecule has 3 fully saturated rings. The Hall–Kier alpha value is -2.25. The molecule has 0 unspecified atom stereocenters. The van der Waals surface area contributed by atoms with E-state index in [4.69, 9.17) is 9.47 Å². The number of rotatable bonds is 1. The summed E-state index contributed by atoms with van der Waals surface area (Å²) in [6.07, 6.45) is 7.82. The maximum absolute atomic E-state index is 12.4. The van der Waals surface area contributed by atoms with Crippen molar-refractivity contribution in [3.8, 4) is 23.3 Å². The zero-order valence-corrected chi connectivity index (χ0v) is 19.2. The van der Waals surface area contributed by atoms with Gasteiger partial charge in [0, 0.05) is 23.8 Å². The van der Waals surface area contributed by atoms with Crippen molar-refractivity contribution < 1.29 is 19.4 Å². The van der Waals surface area contributed by atoms with E-state index in [1.54, 1.807) is 7.11 Å². The number of carbonyl (C=O) groups is 1. The predicted octanol–water partition coefficient (Wildman–Crippen LogP) is 4.80. The van der Waals surface area contributed by atoms with Crippen LogP contribution < -0.4 is 9.47 Å². The fraction of sp³-hybridized carbons (Fsp3) is 0.607. The molecule has 4 aliphatic carbocycles. The van der Waals surface area contributed by atoms with Crippen LogP contribution in [-0.4, -0.2) is 29.2 Å². The van der Waals surface area contributed by atoms with E-state index in [1.165, 1.54) is 11.1 Å². The third-order valence-corrected chi connectivity index (χ3v) is 9.79. The topological polar surface area (TPSA) is 55.8 Å². The predicted molar refractivity (Wildman–Crippen MR) is 121 cm³/mol. The number of ketones is 1. The highest BCUT2D eigenvalue weighted by atomic mass is 16.5. The van der Waals surface area contributed by atoms with Gasteiger partial charge in [0.15, 0.2) is 5.78 Å². The van der Waals surface area contributed by atoms with E-state index < -0.39 is 11.2 Å². The van der Waals surface area contributed by atoms with E-state index in [-0.39, 0.29) is 17.1 Å². The Morgan fingerprint density at radius 3 is 2.84 bits per heavy atom. The molecule has 32 heavy (non-hydrogen) atoms. The van der Waals surface area contributed by atoms with E-state index in [1.807, 2.05) is 25.1 Å². The molecule has 1 aromatic carbocycles. The molecule has 7 atom stereocenters. The van der Waals surface area contributed by atoms with Crippen LogP contribution in [0.4, 0.5) is 0 Å². The van der Waals surface area contributed by atoms with E-state index >= 15 is 0 Å². The molecule has 168 valence electrons. The largest absolute Gasteiger partial charge is 0.497 e. The Bertz CT molecular complexity index is 1090. The SMILES string of the molecule is CC#C[C@]1(O)CC[C@H]2[C@@H]3CCC4=CC(=O)CC[C@@]45Oc4cc(OC)ccc4[C@@H](C[C@@]21C)[C@@H]35. The van der Waals surface area contributed by atoms with E-state index in [2.05, 4.69) is 24.8 Å². The van der Waals surface area contributed by atoms with Gasteiger partial charge in [-0.25, -0.2) is 0 Å². The van der Waals surface area contributed by atoms with Crippen molar-refractivity contribution in [2.75, 3.05) is 7.11 Å². The average Bonchev–Trinajstić information content (AvgIpc) is 3.04. The van der Waals surface area contributed by atoms with Crippen LogP contribution in [0.3, 0.4) is 0 Å². The van der Waals surface area contributed by atoms with Crippen molar-refractivity contribution in [3.05, 3.63) is 35.4 Å². The van der Waals surface area contributed by atoms with Gasteiger partial charge in [-0.15, -0.1) is 5.92 Å². The number of fused-ring (bicyclic) bond motifs is 4. The summed E-state index contributed by atoms with van der Waals surface area (Å²) in [7, 11) is 1.68. The monoisotopic (exact) mass is 432 g/mol. The fourth-order valence-electron chi connectivity index (χ4n) is 8.44. The Kier molecular flexibility index (Phi) is 4.22. The molecule has 1 aromatic rings. The highest BCUT2D eigenvalue weighted by Gasteiger charge is 2.69.